The van der Waals surface area contributed by atoms with Crippen LogP contribution in [0.3, 0.4) is 0 Å². The molecule has 2 nitrogen and oxygen atoms in total. The van der Waals surface area contributed by atoms with Crippen molar-refractivity contribution in [2.24, 2.45) is 0 Å². The standard InChI is InChI=1S/C19H28N2/c1-4-5-8-11-21(15(2)3)14-18-12-16-9-6-7-10-17(16)13-19(18)20/h6-7,9-10,12-13,15H,4-5,8,11,14,20H2,1-3H3. The van der Waals surface area contributed by atoms with Gasteiger partial charge < -0.3 is 5.73 Å². The summed E-state index contributed by atoms with van der Waals surface area (Å²) in [5, 5.41) is 2.50. The third-order valence-electron chi connectivity index (χ3n) is 4.16. The zero-order chi connectivity index (χ0) is 15.2. The van der Waals surface area contributed by atoms with Crippen LogP contribution in [0.4, 0.5) is 5.69 Å². The molecule has 0 saturated heterocycles. The fourth-order valence-electron chi connectivity index (χ4n) is 2.75. The smallest absolute Gasteiger partial charge is 0.0366 e. The summed E-state index contributed by atoms with van der Waals surface area (Å²) in [6.07, 6.45) is 3.84. The molecular formula is C19H28N2. The number of unbranched alkanes of at least 4 members (excludes halogenated alkanes) is 2. The molecule has 2 heteroatoms. The molecule has 0 heterocycles. The molecule has 2 aromatic rings. The summed E-state index contributed by atoms with van der Waals surface area (Å²) < 4.78 is 0. The van der Waals surface area contributed by atoms with E-state index in [1.165, 1.54) is 35.6 Å². The second-order valence-corrected chi connectivity index (χ2v) is 6.17. The molecule has 0 radical (unpaired) electrons. The Labute approximate surface area is 128 Å². The monoisotopic (exact) mass is 284 g/mol. The van der Waals surface area contributed by atoms with Gasteiger partial charge in [-0.1, -0.05) is 44.0 Å². The molecule has 0 unspecified atom stereocenters. The lowest BCUT2D eigenvalue weighted by Gasteiger charge is -2.27. The number of nitrogens with zero attached hydrogens (tertiary/aromatic N) is 1. The van der Waals surface area contributed by atoms with Crippen LogP contribution >= 0.6 is 0 Å². The molecule has 0 bridgehead atoms. The van der Waals surface area contributed by atoms with Crippen LogP contribution in [0, 0.1) is 0 Å². The maximum Gasteiger partial charge on any atom is 0.0366 e. The third-order valence-corrected chi connectivity index (χ3v) is 4.16. The lowest BCUT2D eigenvalue weighted by atomic mass is 10.0. The van der Waals surface area contributed by atoms with Crippen molar-refractivity contribution in [2.45, 2.75) is 52.6 Å². The van der Waals surface area contributed by atoms with Crippen molar-refractivity contribution >= 4 is 16.5 Å². The van der Waals surface area contributed by atoms with E-state index in [9.17, 15) is 0 Å². The Hall–Kier alpha value is -1.54. The topological polar surface area (TPSA) is 29.3 Å². The van der Waals surface area contributed by atoms with Gasteiger partial charge in [0, 0.05) is 18.3 Å². The first-order valence-electron chi connectivity index (χ1n) is 8.13. The summed E-state index contributed by atoms with van der Waals surface area (Å²) in [6, 6.07) is 13.3. The average Bonchev–Trinajstić information content (AvgIpc) is 2.46. The molecule has 0 amide bonds. The molecule has 0 spiro atoms. The molecule has 2 rings (SSSR count). The maximum absolute atomic E-state index is 6.26. The number of rotatable bonds is 7. The van der Waals surface area contributed by atoms with E-state index in [0.717, 1.165) is 18.8 Å². The van der Waals surface area contributed by atoms with Crippen LogP contribution in [0.5, 0.6) is 0 Å². The van der Waals surface area contributed by atoms with Gasteiger partial charge in [0.1, 0.15) is 0 Å². The third kappa shape index (κ3) is 4.21. The molecular weight excluding hydrogens is 256 g/mol. The second-order valence-electron chi connectivity index (χ2n) is 6.17. The van der Waals surface area contributed by atoms with Crippen molar-refractivity contribution in [3.8, 4) is 0 Å². The van der Waals surface area contributed by atoms with Gasteiger partial charge >= 0.3 is 0 Å². The summed E-state index contributed by atoms with van der Waals surface area (Å²) in [7, 11) is 0. The Kier molecular flexibility index (Phi) is 5.63. The van der Waals surface area contributed by atoms with Crippen LogP contribution in [0.15, 0.2) is 36.4 Å². The number of nitrogens with two attached hydrogens (primary N) is 1. The van der Waals surface area contributed by atoms with E-state index in [4.69, 9.17) is 5.73 Å². The van der Waals surface area contributed by atoms with Crippen molar-refractivity contribution in [2.75, 3.05) is 12.3 Å². The molecule has 0 atom stereocenters. The van der Waals surface area contributed by atoms with E-state index < -0.39 is 0 Å². The summed E-state index contributed by atoms with van der Waals surface area (Å²) in [4.78, 5) is 2.52. The van der Waals surface area contributed by atoms with E-state index in [-0.39, 0.29) is 0 Å². The van der Waals surface area contributed by atoms with E-state index in [0.29, 0.717) is 6.04 Å². The first-order valence-corrected chi connectivity index (χ1v) is 8.13. The van der Waals surface area contributed by atoms with Gasteiger partial charge in [-0.15, -0.1) is 0 Å². The molecule has 114 valence electrons. The largest absolute Gasteiger partial charge is 0.398 e. The summed E-state index contributed by atoms with van der Waals surface area (Å²) in [6.45, 7) is 8.88. The van der Waals surface area contributed by atoms with Crippen LogP contribution in [-0.4, -0.2) is 17.5 Å². The summed E-state index contributed by atoms with van der Waals surface area (Å²) >= 11 is 0. The Morgan fingerprint density at radius 1 is 1.05 bits per heavy atom. The summed E-state index contributed by atoms with van der Waals surface area (Å²) in [5.74, 6) is 0. The minimum absolute atomic E-state index is 0.549. The number of fused-ring (bicyclic) bond motifs is 1. The minimum atomic E-state index is 0.549. The SMILES string of the molecule is CCCCCN(Cc1cc2ccccc2cc1N)C(C)C. The predicted molar refractivity (Wildman–Crippen MR) is 93.4 cm³/mol. The van der Waals surface area contributed by atoms with E-state index in [1.807, 2.05) is 0 Å². The van der Waals surface area contributed by atoms with Crippen molar-refractivity contribution in [1.82, 2.24) is 4.90 Å². The van der Waals surface area contributed by atoms with Crippen molar-refractivity contribution in [1.29, 1.82) is 0 Å². The lowest BCUT2D eigenvalue weighted by Crippen LogP contribution is -2.31. The van der Waals surface area contributed by atoms with E-state index >= 15 is 0 Å². The highest BCUT2D eigenvalue weighted by Gasteiger charge is 2.12. The fraction of sp³-hybridized carbons (Fsp3) is 0.474. The van der Waals surface area contributed by atoms with Crippen LogP contribution < -0.4 is 5.73 Å². The Bertz CT molecular complexity index is 575. The number of anilines is 1. The van der Waals surface area contributed by atoms with Gasteiger partial charge in [0.05, 0.1) is 0 Å². The number of nitrogen functional groups attached to an aromatic ring is 1. The molecule has 0 saturated carbocycles. The van der Waals surface area contributed by atoms with E-state index in [1.54, 1.807) is 0 Å². The normalized spacial score (nSPS) is 11.7. The minimum Gasteiger partial charge on any atom is -0.398 e. The van der Waals surface area contributed by atoms with Crippen LogP contribution in [0.2, 0.25) is 0 Å². The quantitative estimate of drug-likeness (QED) is 0.583. The molecule has 0 aromatic heterocycles. The number of hydrogen-bond acceptors (Lipinski definition) is 2. The molecule has 0 aliphatic heterocycles. The first kappa shape index (κ1) is 15.8. The number of hydrogen-bond donors (Lipinski definition) is 1. The molecule has 0 aliphatic carbocycles. The summed E-state index contributed by atoms with van der Waals surface area (Å²) in [5.41, 5.74) is 8.42. The highest BCUT2D eigenvalue weighted by molar-refractivity contribution is 5.86. The average molecular weight is 284 g/mol. The van der Waals surface area contributed by atoms with Gasteiger partial charge in [0.25, 0.3) is 0 Å². The highest BCUT2D eigenvalue weighted by Crippen LogP contribution is 2.23. The Morgan fingerprint density at radius 2 is 1.71 bits per heavy atom. The first-order chi connectivity index (χ1) is 10.1. The van der Waals surface area contributed by atoms with Crippen molar-refractivity contribution in [3.05, 3.63) is 42.0 Å². The zero-order valence-corrected chi connectivity index (χ0v) is 13.6. The van der Waals surface area contributed by atoms with Crippen molar-refractivity contribution < 1.29 is 0 Å². The predicted octanol–water partition coefficient (Wildman–Crippen LogP) is 4.82. The van der Waals surface area contributed by atoms with Gasteiger partial charge in [-0.2, -0.15) is 0 Å². The fourth-order valence-corrected chi connectivity index (χ4v) is 2.75. The Morgan fingerprint density at radius 3 is 2.33 bits per heavy atom. The highest BCUT2D eigenvalue weighted by atomic mass is 15.1. The number of benzene rings is 2. The van der Waals surface area contributed by atoms with Gasteiger partial charge in [-0.05, 0) is 55.3 Å². The lowest BCUT2D eigenvalue weighted by molar-refractivity contribution is 0.209. The molecule has 21 heavy (non-hydrogen) atoms. The van der Waals surface area contributed by atoms with Gasteiger partial charge in [-0.25, -0.2) is 0 Å². The maximum atomic E-state index is 6.26. The van der Waals surface area contributed by atoms with Crippen LogP contribution in [-0.2, 0) is 6.54 Å². The molecule has 0 aliphatic rings. The van der Waals surface area contributed by atoms with Gasteiger partial charge in [0.2, 0.25) is 0 Å². The van der Waals surface area contributed by atoms with Gasteiger partial charge in [-0.3, -0.25) is 4.90 Å². The van der Waals surface area contributed by atoms with Crippen LogP contribution in [0.25, 0.3) is 10.8 Å². The molecule has 2 aromatic carbocycles. The van der Waals surface area contributed by atoms with Gasteiger partial charge in [0.15, 0.2) is 0 Å². The van der Waals surface area contributed by atoms with E-state index in [2.05, 4.69) is 62.1 Å². The van der Waals surface area contributed by atoms with Crippen molar-refractivity contribution in [3.63, 3.8) is 0 Å². The van der Waals surface area contributed by atoms with Crippen LogP contribution in [0.1, 0.15) is 45.6 Å². The zero-order valence-electron chi connectivity index (χ0n) is 13.6. The Balaban J connectivity index is 2.17. The molecule has 2 N–H and O–H groups in total. The molecule has 0 fully saturated rings. The second kappa shape index (κ2) is 7.46.